The zero-order valence-electron chi connectivity index (χ0n) is 8.72. The van der Waals surface area contributed by atoms with Crippen LogP contribution in [0.15, 0.2) is 30.6 Å². The SMILES string of the molecule is CCOc1cc(Cl)nc(-c2cccnc2)n1. The van der Waals surface area contributed by atoms with Crippen molar-refractivity contribution < 1.29 is 4.74 Å². The first kappa shape index (κ1) is 10.8. The van der Waals surface area contributed by atoms with Gasteiger partial charge in [-0.3, -0.25) is 4.98 Å². The van der Waals surface area contributed by atoms with Gasteiger partial charge in [0.25, 0.3) is 0 Å². The molecule has 0 fully saturated rings. The van der Waals surface area contributed by atoms with Gasteiger partial charge in [0.05, 0.1) is 6.61 Å². The van der Waals surface area contributed by atoms with Gasteiger partial charge in [0, 0.05) is 24.0 Å². The second-order valence-corrected chi connectivity index (χ2v) is 3.41. The minimum atomic E-state index is 0.359. The van der Waals surface area contributed by atoms with Crippen LogP contribution in [0, 0.1) is 0 Å². The van der Waals surface area contributed by atoms with Gasteiger partial charge < -0.3 is 4.74 Å². The van der Waals surface area contributed by atoms with Crippen molar-refractivity contribution in [1.29, 1.82) is 0 Å². The van der Waals surface area contributed by atoms with Crippen molar-refractivity contribution in [2.45, 2.75) is 6.92 Å². The maximum Gasteiger partial charge on any atom is 0.218 e. The summed E-state index contributed by atoms with van der Waals surface area (Å²) < 4.78 is 5.29. The van der Waals surface area contributed by atoms with Gasteiger partial charge in [-0.2, -0.15) is 4.98 Å². The Morgan fingerprint density at radius 2 is 2.25 bits per heavy atom. The van der Waals surface area contributed by atoms with Gasteiger partial charge in [-0.05, 0) is 19.1 Å². The van der Waals surface area contributed by atoms with Crippen molar-refractivity contribution in [1.82, 2.24) is 15.0 Å². The van der Waals surface area contributed by atoms with Gasteiger partial charge in [-0.25, -0.2) is 4.98 Å². The standard InChI is InChI=1S/C11H10ClN3O/c1-2-16-10-6-9(12)14-11(15-10)8-4-3-5-13-7-8/h3-7H,2H2,1H3. The lowest BCUT2D eigenvalue weighted by Crippen LogP contribution is -1.98. The summed E-state index contributed by atoms with van der Waals surface area (Å²) in [6.45, 7) is 2.43. The Hall–Kier alpha value is -1.68. The Bertz CT molecular complexity index is 476. The molecule has 0 unspecified atom stereocenters. The molecule has 2 aromatic rings. The summed E-state index contributed by atoms with van der Waals surface area (Å²) >= 11 is 5.88. The van der Waals surface area contributed by atoms with Gasteiger partial charge in [-0.1, -0.05) is 11.6 Å². The first-order valence-corrected chi connectivity index (χ1v) is 5.25. The summed E-state index contributed by atoms with van der Waals surface area (Å²) in [4.78, 5) is 12.4. The summed E-state index contributed by atoms with van der Waals surface area (Å²) in [6, 6.07) is 5.28. The van der Waals surface area contributed by atoms with E-state index in [9.17, 15) is 0 Å². The minimum Gasteiger partial charge on any atom is -0.478 e. The Balaban J connectivity index is 2.41. The fraction of sp³-hybridized carbons (Fsp3) is 0.182. The first-order chi connectivity index (χ1) is 7.79. The molecule has 16 heavy (non-hydrogen) atoms. The van der Waals surface area contributed by atoms with Crippen molar-refractivity contribution in [3.05, 3.63) is 35.7 Å². The molecule has 0 aliphatic carbocycles. The van der Waals surface area contributed by atoms with Crippen molar-refractivity contribution in [3.63, 3.8) is 0 Å². The number of hydrogen-bond donors (Lipinski definition) is 0. The van der Waals surface area contributed by atoms with E-state index in [4.69, 9.17) is 16.3 Å². The Morgan fingerprint density at radius 1 is 1.38 bits per heavy atom. The van der Waals surface area contributed by atoms with E-state index in [1.807, 2.05) is 19.1 Å². The number of pyridine rings is 1. The second-order valence-electron chi connectivity index (χ2n) is 3.03. The topological polar surface area (TPSA) is 47.9 Å². The number of hydrogen-bond acceptors (Lipinski definition) is 4. The summed E-state index contributed by atoms with van der Waals surface area (Å²) in [5.74, 6) is 0.991. The summed E-state index contributed by atoms with van der Waals surface area (Å²) in [7, 11) is 0. The minimum absolute atomic E-state index is 0.359. The fourth-order valence-corrected chi connectivity index (χ4v) is 1.42. The monoisotopic (exact) mass is 235 g/mol. The Morgan fingerprint density at radius 3 is 2.94 bits per heavy atom. The zero-order chi connectivity index (χ0) is 11.4. The van der Waals surface area contributed by atoms with Crippen LogP contribution in [0.1, 0.15) is 6.92 Å². The molecule has 0 N–H and O–H groups in total. The van der Waals surface area contributed by atoms with Crippen LogP contribution >= 0.6 is 11.6 Å². The molecule has 0 atom stereocenters. The molecule has 0 radical (unpaired) electrons. The lowest BCUT2D eigenvalue weighted by atomic mass is 10.3. The maximum absolute atomic E-state index is 5.88. The van der Waals surface area contributed by atoms with Crippen LogP contribution in [0.25, 0.3) is 11.4 Å². The molecule has 2 heterocycles. The zero-order valence-corrected chi connectivity index (χ0v) is 9.48. The van der Waals surface area contributed by atoms with E-state index in [0.29, 0.717) is 23.5 Å². The van der Waals surface area contributed by atoms with E-state index in [1.54, 1.807) is 18.5 Å². The lowest BCUT2D eigenvalue weighted by Gasteiger charge is -2.04. The van der Waals surface area contributed by atoms with Crippen LogP contribution in [0.2, 0.25) is 5.15 Å². The van der Waals surface area contributed by atoms with E-state index in [2.05, 4.69) is 15.0 Å². The quantitative estimate of drug-likeness (QED) is 0.768. The van der Waals surface area contributed by atoms with Crippen molar-refractivity contribution in [2.24, 2.45) is 0 Å². The van der Waals surface area contributed by atoms with Gasteiger partial charge >= 0.3 is 0 Å². The molecule has 0 aliphatic rings. The molecule has 0 spiro atoms. The smallest absolute Gasteiger partial charge is 0.218 e. The molecule has 0 saturated heterocycles. The van der Waals surface area contributed by atoms with Crippen LogP contribution in [0.3, 0.4) is 0 Å². The summed E-state index contributed by atoms with van der Waals surface area (Å²) in [5, 5.41) is 0.359. The predicted octanol–water partition coefficient (Wildman–Crippen LogP) is 2.59. The molecule has 2 rings (SSSR count). The van der Waals surface area contributed by atoms with Crippen molar-refractivity contribution in [3.8, 4) is 17.3 Å². The van der Waals surface area contributed by atoms with Crippen molar-refractivity contribution >= 4 is 11.6 Å². The van der Waals surface area contributed by atoms with Crippen LogP contribution in [0.4, 0.5) is 0 Å². The first-order valence-electron chi connectivity index (χ1n) is 4.87. The van der Waals surface area contributed by atoms with Crippen LogP contribution in [-0.2, 0) is 0 Å². The maximum atomic E-state index is 5.88. The highest BCUT2D eigenvalue weighted by atomic mass is 35.5. The third kappa shape index (κ3) is 2.46. The molecule has 0 aromatic carbocycles. The summed E-state index contributed by atoms with van der Waals surface area (Å²) in [5.41, 5.74) is 0.811. The van der Waals surface area contributed by atoms with E-state index >= 15 is 0 Å². The largest absolute Gasteiger partial charge is 0.478 e. The Labute approximate surface area is 98.3 Å². The number of nitrogens with zero attached hydrogens (tertiary/aromatic N) is 3. The predicted molar refractivity (Wildman–Crippen MR) is 61.4 cm³/mol. The fourth-order valence-electron chi connectivity index (χ4n) is 1.24. The molecular formula is C11H10ClN3O. The molecule has 0 bridgehead atoms. The second kappa shape index (κ2) is 4.90. The van der Waals surface area contributed by atoms with Crippen LogP contribution in [0.5, 0.6) is 5.88 Å². The van der Waals surface area contributed by atoms with E-state index < -0.39 is 0 Å². The summed E-state index contributed by atoms with van der Waals surface area (Å²) in [6.07, 6.45) is 3.37. The molecule has 0 saturated carbocycles. The normalized spacial score (nSPS) is 10.1. The number of aromatic nitrogens is 3. The van der Waals surface area contributed by atoms with Gasteiger partial charge in [0.2, 0.25) is 5.88 Å². The number of halogens is 1. The molecule has 4 nitrogen and oxygen atoms in total. The molecular weight excluding hydrogens is 226 g/mol. The van der Waals surface area contributed by atoms with E-state index in [0.717, 1.165) is 5.56 Å². The van der Waals surface area contributed by atoms with Crippen LogP contribution < -0.4 is 4.74 Å². The molecule has 5 heteroatoms. The highest BCUT2D eigenvalue weighted by molar-refractivity contribution is 6.29. The molecule has 2 aromatic heterocycles. The average Bonchev–Trinajstić information content (AvgIpc) is 2.30. The lowest BCUT2D eigenvalue weighted by molar-refractivity contribution is 0.326. The Kier molecular flexibility index (Phi) is 3.31. The van der Waals surface area contributed by atoms with Crippen molar-refractivity contribution in [2.75, 3.05) is 6.61 Å². The van der Waals surface area contributed by atoms with E-state index in [1.165, 1.54) is 0 Å². The molecule has 82 valence electrons. The van der Waals surface area contributed by atoms with E-state index in [-0.39, 0.29) is 0 Å². The highest BCUT2D eigenvalue weighted by Gasteiger charge is 2.06. The highest BCUT2D eigenvalue weighted by Crippen LogP contribution is 2.20. The third-order valence-electron chi connectivity index (χ3n) is 1.88. The average molecular weight is 236 g/mol. The van der Waals surface area contributed by atoms with Gasteiger partial charge in [0.15, 0.2) is 5.82 Å². The number of rotatable bonds is 3. The molecule has 0 aliphatic heterocycles. The molecule has 0 amide bonds. The van der Waals surface area contributed by atoms with Crippen LogP contribution in [-0.4, -0.2) is 21.6 Å². The van der Waals surface area contributed by atoms with Gasteiger partial charge in [0.1, 0.15) is 5.15 Å². The van der Waals surface area contributed by atoms with Gasteiger partial charge in [-0.15, -0.1) is 0 Å². The third-order valence-corrected chi connectivity index (χ3v) is 2.08. The number of ether oxygens (including phenoxy) is 1.